The Morgan fingerprint density at radius 3 is 2.86 bits per heavy atom. The summed E-state index contributed by atoms with van der Waals surface area (Å²) in [5.41, 5.74) is 1.27. The van der Waals surface area contributed by atoms with E-state index < -0.39 is 0 Å². The molecule has 1 aromatic carbocycles. The average Bonchev–Trinajstić information content (AvgIpc) is 3.00. The molecule has 1 aliphatic rings. The van der Waals surface area contributed by atoms with Crippen LogP contribution < -0.4 is 5.32 Å². The van der Waals surface area contributed by atoms with E-state index in [1.165, 1.54) is 10.5 Å². The second-order valence-electron chi connectivity index (χ2n) is 5.76. The fraction of sp³-hybridized carbons (Fsp3) is 0.500. The Hall–Kier alpha value is -1.37. The monoisotopic (exact) mass is 318 g/mol. The molecule has 1 fully saturated rings. The lowest BCUT2D eigenvalue weighted by Crippen LogP contribution is -2.44. The first-order valence-corrected chi connectivity index (χ1v) is 8.49. The Labute approximate surface area is 135 Å². The number of aromatic nitrogens is 2. The van der Waals surface area contributed by atoms with E-state index in [-0.39, 0.29) is 11.3 Å². The van der Waals surface area contributed by atoms with Crippen molar-refractivity contribution < 1.29 is 4.52 Å². The Bertz CT molecular complexity index is 613. The molecule has 6 heteroatoms. The molecule has 5 nitrogen and oxygen atoms in total. The number of rotatable bonds is 4. The van der Waals surface area contributed by atoms with Crippen molar-refractivity contribution in [2.24, 2.45) is 0 Å². The van der Waals surface area contributed by atoms with Crippen molar-refractivity contribution in [2.45, 2.75) is 30.0 Å². The van der Waals surface area contributed by atoms with Crippen LogP contribution in [0, 0.1) is 6.92 Å². The van der Waals surface area contributed by atoms with Crippen molar-refractivity contribution in [1.29, 1.82) is 0 Å². The Morgan fingerprint density at radius 1 is 1.36 bits per heavy atom. The van der Waals surface area contributed by atoms with Crippen LogP contribution in [0.15, 0.2) is 33.7 Å². The van der Waals surface area contributed by atoms with Crippen LogP contribution in [0.4, 0.5) is 0 Å². The SMILES string of the molecule is Cc1ccc(SC(C)c2nc(C3CNCCN3C)no2)cc1. The van der Waals surface area contributed by atoms with Crippen LogP contribution in [-0.4, -0.2) is 41.7 Å². The van der Waals surface area contributed by atoms with E-state index in [2.05, 4.69) is 65.5 Å². The van der Waals surface area contributed by atoms with E-state index in [0.717, 1.165) is 25.5 Å². The van der Waals surface area contributed by atoms with E-state index in [0.29, 0.717) is 5.89 Å². The van der Waals surface area contributed by atoms with Crippen LogP contribution in [0.25, 0.3) is 0 Å². The molecule has 2 unspecified atom stereocenters. The lowest BCUT2D eigenvalue weighted by atomic mass is 10.2. The fourth-order valence-corrected chi connectivity index (χ4v) is 3.41. The quantitative estimate of drug-likeness (QED) is 0.875. The molecule has 0 radical (unpaired) electrons. The van der Waals surface area contributed by atoms with Crippen LogP contribution in [0.5, 0.6) is 0 Å². The van der Waals surface area contributed by atoms with Gasteiger partial charge in [-0.05, 0) is 33.0 Å². The minimum atomic E-state index is 0.144. The van der Waals surface area contributed by atoms with E-state index in [9.17, 15) is 0 Å². The molecule has 0 amide bonds. The van der Waals surface area contributed by atoms with E-state index in [1.54, 1.807) is 11.8 Å². The molecule has 2 atom stereocenters. The molecule has 0 bridgehead atoms. The molecule has 0 spiro atoms. The van der Waals surface area contributed by atoms with Gasteiger partial charge < -0.3 is 9.84 Å². The number of aryl methyl sites for hydroxylation is 1. The molecule has 2 heterocycles. The summed E-state index contributed by atoms with van der Waals surface area (Å²) >= 11 is 1.74. The van der Waals surface area contributed by atoms with E-state index >= 15 is 0 Å². The molecule has 0 saturated carbocycles. The molecule has 118 valence electrons. The summed E-state index contributed by atoms with van der Waals surface area (Å²) in [6.07, 6.45) is 0. The van der Waals surface area contributed by atoms with Gasteiger partial charge >= 0.3 is 0 Å². The second kappa shape index (κ2) is 6.81. The average molecular weight is 318 g/mol. The first-order chi connectivity index (χ1) is 10.6. The van der Waals surface area contributed by atoms with E-state index in [4.69, 9.17) is 4.52 Å². The molecule has 1 aromatic heterocycles. The Kier molecular flexibility index (Phi) is 4.81. The third-order valence-electron chi connectivity index (χ3n) is 3.95. The first-order valence-electron chi connectivity index (χ1n) is 7.61. The number of likely N-dealkylation sites (N-methyl/N-ethyl adjacent to an activating group) is 1. The molecule has 3 rings (SSSR count). The lowest BCUT2D eigenvalue weighted by molar-refractivity contribution is 0.190. The third-order valence-corrected chi connectivity index (χ3v) is 5.05. The number of hydrogen-bond donors (Lipinski definition) is 1. The molecular weight excluding hydrogens is 296 g/mol. The van der Waals surface area contributed by atoms with Gasteiger partial charge in [0.1, 0.15) is 0 Å². The fourth-order valence-electron chi connectivity index (χ4n) is 2.51. The van der Waals surface area contributed by atoms with Gasteiger partial charge in [0.05, 0.1) is 11.3 Å². The van der Waals surface area contributed by atoms with Gasteiger partial charge in [-0.2, -0.15) is 4.98 Å². The molecule has 2 aromatic rings. The summed E-state index contributed by atoms with van der Waals surface area (Å²) in [6, 6.07) is 8.70. The number of piperazine rings is 1. The Balaban J connectivity index is 1.68. The highest BCUT2D eigenvalue weighted by atomic mass is 32.2. The minimum Gasteiger partial charge on any atom is -0.338 e. The summed E-state index contributed by atoms with van der Waals surface area (Å²) < 4.78 is 5.49. The van der Waals surface area contributed by atoms with Gasteiger partial charge in [0, 0.05) is 24.5 Å². The predicted octanol–water partition coefficient (Wildman–Crippen LogP) is 2.81. The summed E-state index contributed by atoms with van der Waals surface area (Å²) in [6.45, 7) is 7.08. The largest absolute Gasteiger partial charge is 0.338 e. The molecule has 1 saturated heterocycles. The van der Waals surface area contributed by atoms with Crippen LogP contribution in [0.2, 0.25) is 0 Å². The van der Waals surface area contributed by atoms with Gasteiger partial charge in [0.25, 0.3) is 0 Å². The number of hydrogen-bond acceptors (Lipinski definition) is 6. The normalized spacial score (nSPS) is 21.0. The zero-order valence-corrected chi connectivity index (χ0v) is 14.1. The maximum absolute atomic E-state index is 5.49. The molecular formula is C16H22N4OS. The van der Waals surface area contributed by atoms with Crippen LogP contribution >= 0.6 is 11.8 Å². The molecule has 0 aliphatic carbocycles. The topological polar surface area (TPSA) is 54.2 Å². The molecule has 1 N–H and O–H groups in total. The van der Waals surface area contributed by atoms with E-state index in [1.807, 2.05) is 0 Å². The maximum Gasteiger partial charge on any atom is 0.239 e. The van der Waals surface area contributed by atoms with Gasteiger partial charge in [0.15, 0.2) is 5.82 Å². The van der Waals surface area contributed by atoms with Crippen molar-refractivity contribution in [3.05, 3.63) is 41.5 Å². The van der Waals surface area contributed by atoms with Gasteiger partial charge in [-0.15, -0.1) is 11.8 Å². The summed E-state index contributed by atoms with van der Waals surface area (Å²) in [4.78, 5) is 8.10. The highest BCUT2D eigenvalue weighted by Gasteiger charge is 2.26. The summed E-state index contributed by atoms with van der Waals surface area (Å²) in [5, 5.41) is 7.71. The van der Waals surface area contributed by atoms with Crippen molar-refractivity contribution in [3.63, 3.8) is 0 Å². The maximum atomic E-state index is 5.49. The number of benzene rings is 1. The van der Waals surface area contributed by atoms with Crippen molar-refractivity contribution in [1.82, 2.24) is 20.4 Å². The van der Waals surface area contributed by atoms with Gasteiger partial charge in [-0.3, -0.25) is 4.90 Å². The number of nitrogens with one attached hydrogen (secondary N) is 1. The first kappa shape index (κ1) is 15.5. The zero-order valence-electron chi connectivity index (χ0n) is 13.2. The van der Waals surface area contributed by atoms with Gasteiger partial charge in [-0.25, -0.2) is 0 Å². The smallest absolute Gasteiger partial charge is 0.239 e. The summed E-state index contributed by atoms with van der Waals surface area (Å²) in [7, 11) is 2.10. The van der Waals surface area contributed by atoms with Crippen molar-refractivity contribution >= 4 is 11.8 Å². The highest BCUT2D eigenvalue weighted by Crippen LogP contribution is 2.34. The van der Waals surface area contributed by atoms with Crippen LogP contribution in [-0.2, 0) is 0 Å². The number of thioether (sulfide) groups is 1. The van der Waals surface area contributed by atoms with Crippen LogP contribution in [0.1, 0.15) is 35.5 Å². The zero-order chi connectivity index (χ0) is 15.5. The van der Waals surface area contributed by atoms with Crippen LogP contribution in [0.3, 0.4) is 0 Å². The van der Waals surface area contributed by atoms with Crippen molar-refractivity contribution in [2.75, 3.05) is 26.7 Å². The molecule has 22 heavy (non-hydrogen) atoms. The lowest BCUT2D eigenvalue weighted by Gasteiger charge is -2.30. The van der Waals surface area contributed by atoms with Gasteiger partial charge in [0.2, 0.25) is 5.89 Å². The summed E-state index contributed by atoms with van der Waals surface area (Å²) in [5.74, 6) is 1.47. The third kappa shape index (κ3) is 3.51. The standard InChI is InChI=1S/C16H22N4OS/c1-11-4-6-13(7-5-11)22-12(2)16-18-15(19-21-16)14-10-17-8-9-20(14)3/h4-7,12,14,17H,8-10H2,1-3H3. The number of nitrogens with zero attached hydrogens (tertiary/aromatic N) is 3. The second-order valence-corrected chi connectivity index (χ2v) is 7.18. The highest BCUT2D eigenvalue weighted by molar-refractivity contribution is 7.99. The van der Waals surface area contributed by atoms with Gasteiger partial charge in [-0.1, -0.05) is 22.9 Å². The van der Waals surface area contributed by atoms with Crippen molar-refractivity contribution in [3.8, 4) is 0 Å². The minimum absolute atomic E-state index is 0.144. The predicted molar refractivity (Wildman–Crippen MR) is 88.0 cm³/mol. The molecule has 1 aliphatic heterocycles. The Morgan fingerprint density at radius 2 is 2.14 bits per heavy atom.